The van der Waals surface area contributed by atoms with Crippen molar-refractivity contribution in [3.05, 3.63) is 0 Å². The average Bonchev–Trinajstić information content (AvgIpc) is 3.38. The molecule has 0 rings (SSSR count). The summed E-state index contributed by atoms with van der Waals surface area (Å²) in [5, 5.41) is 23.9. The van der Waals surface area contributed by atoms with E-state index in [4.69, 9.17) is 29.2 Å². The first kappa shape index (κ1) is 72.7. The Labute approximate surface area is 471 Å². The topological polar surface area (TPSA) is 49.7 Å². The van der Waals surface area contributed by atoms with Crippen molar-refractivity contribution < 1.29 is 14.9 Å². The van der Waals surface area contributed by atoms with Crippen molar-refractivity contribution >= 4 is 34.5 Å². The normalized spacial score (nSPS) is 12.8. The SMILES string of the molecule is CCCCCCCCCCCCCCCCOC(CCCCCCCCCCCCCCCC)(C(O)=S)C(CCCCCCCCCCCCCCCC)(CCCCCCCCCCCCCCCC)C(O)=S. The van der Waals surface area contributed by atoms with Crippen LogP contribution in [-0.2, 0) is 4.74 Å². The molecule has 436 valence electrons. The van der Waals surface area contributed by atoms with Gasteiger partial charge in [0.2, 0.25) is 0 Å². The molecule has 0 saturated carbocycles. The smallest absolute Gasteiger partial charge is 0.190 e. The summed E-state index contributed by atoms with van der Waals surface area (Å²) in [5.41, 5.74) is -1.95. The van der Waals surface area contributed by atoms with Crippen molar-refractivity contribution in [2.24, 2.45) is 5.41 Å². The summed E-state index contributed by atoms with van der Waals surface area (Å²) in [6, 6.07) is 0. The Kier molecular flexibility index (Phi) is 57.7. The molecule has 0 saturated heterocycles. The van der Waals surface area contributed by atoms with Gasteiger partial charge in [0.25, 0.3) is 0 Å². The molecular weight excluding hydrogens is 929 g/mol. The quantitative estimate of drug-likeness (QED) is 0.0470. The molecule has 0 aromatic carbocycles. The van der Waals surface area contributed by atoms with E-state index in [0.29, 0.717) is 13.0 Å². The first-order valence-corrected chi connectivity index (χ1v) is 34.8. The predicted molar refractivity (Wildman–Crippen MR) is 337 cm³/mol. The van der Waals surface area contributed by atoms with Gasteiger partial charge in [-0.2, -0.15) is 0 Å². The molecule has 0 radical (unpaired) electrons. The van der Waals surface area contributed by atoms with Crippen LogP contribution in [0.25, 0.3) is 0 Å². The fraction of sp³-hybridized carbons (Fsp3) is 0.971. The number of rotatable bonds is 64. The summed E-state index contributed by atoms with van der Waals surface area (Å²) < 4.78 is 7.14. The molecule has 2 N–H and O–H groups in total. The lowest BCUT2D eigenvalue weighted by Gasteiger charge is -2.48. The first-order chi connectivity index (χ1) is 35.9. The van der Waals surface area contributed by atoms with Crippen LogP contribution in [0, 0.1) is 5.41 Å². The van der Waals surface area contributed by atoms with Gasteiger partial charge in [-0.1, -0.05) is 381 Å². The van der Waals surface area contributed by atoms with Crippen molar-refractivity contribution in [2.75, 3.05) is 6.61 Å². The van der Waals surface area contributed by atoms with Crippen molar-refractivity contribution in [1.82, 2.24) is 0 Å². The van der Waals surface area contributed by atoms with Crippen LogP contribution < -0.4 is 0 Å². The van der Waals surface area contributed by atoms with E-state index >= 15 is 0 Å². The zero-order chi connectivity index (χ0) is 53.3. The van der Waals surface area contributed by atoms with Gasteiger partial charge >= 0.3 is 0 Å². The van der Waals surface area contributed by atoms with E-state index in [1.165, 1.54) is 308 Å². The third-order valence-corrected chi connectivity index (χ3v) is 17.9. The number of aliphatic hydroxyl groups is 2. The minimum absolute atomic E-state index is 0.0413. The maximum absolute atomic E-state index is 12.0. The van der Waals surface area contributed by atoms with Crippen LogP contribution in [0.2, 0.25) is 0 Å². The highest BCUT2D eigenvalue weighted by Gasteiger charge is 2.57. The largest absolute Gasteiger partial charge is 0.501 e. The van der Waals surface area contributed by atoms with Crippen LogP contribution >= 0.6 is 24.4 Å². The van der Waals surface area contributed by atoms with E-state index < -0.39 is 11.0 Å². The summed E-state index contributed by atoms with van der Waals surface area (Å²) in [6.45, 7) is 9.77. The summed E-state index contributed by atoms with van der Waals surface area (Å²) in [6.07, 6.45) is 75.8. The highest BCUT2D eigenvalue weighted by Crippen LogP contribution is 2.49. The first-order valence-electron chi connectivity index (χ1n) is 34.0. The van der Waals surface area contributed by atoms with Crippen molar-refractivity contribution in [1.29, 1.82) is 0 Å². The number of hydrogen-bond donors (Lipinski definition) is 2. The molecule has 0 aliphatic rings. The standard InChI is InChI=1S/C68H134O3S2/c1-5-9-13-17-21-25-29-33-37-41-45-49-53-57-61-67(65(69)72,62-58-54-50-46-42-38-34-30-26-22-18-14-10-6-2)68(66(70)73,63-59-55-51-47-43-39-35-31-27-23-19-15-11-7-3)71-64-60-56-52-48-44-40-36-32-28-24-20-16-12-8-4/h5-64H2,1-4H3,(H,69,72)(H,70,73). The number of thiocarbonyl (C=S) groups is 2. The maximum Gasteiger partial charge on any atom is 0.190 e. The van der Waals surface area contributed by atoms with Gasteiger partial charge in [0.15, 0.2) is 10.1 Å². The molecule has 0 amide bonds. The van der Waals surface area contributed by atoms with Crippen molar-refractivity contribution in [3.8, 4) is 0 Å². The minimum Gasteiger partial charge on any atom is -0.501 e. The van der Waals surface area contributed by atoms with E-state index in [1.807, 2.05) is 0 Å². The van der Waals surface area contributed by atoms with Crippen LogP contribution in [0.1, 0.15) is 407 Å². The Morgan fingerprint density at radius 1 is 0.247 bits per heavy atom. The number of hydrogen-bond acceptors (Lipinski definition) is 3. The van der Waals surface area contributed by atoms with Crippen LogP contribution in [0.3, 0.4) is 0 Å². The second kappa shape index (κ2) is 57.9. The van der Waals surface area contributed by atoms with E-state index in [0.717, 1.165) is 64.2 Å². The molecular formula is C68H134O3S2. The van der Waals surface area contributed by atoms with Crippen LogP contribution in [0.15, 0.2) is 0 Å². The van der Waals surface area contributed by atoms with Crippen molar-refractivity contribution in [2.45, 2.75) is 412 Å². The monoisotopic (exact) mass is 1060 g/mol. The molecule has 0 heterocycles. The summed E-state index contributed by atoms with van der Waals surface area (Å²) in [5.74, 6) is 0. The molecule has 0 fully saturated rings. The highest BCUT2D eigenvalue weighted by atomic mass is 32.1. The van der Waals surface area contributed by atoms with Gasteiger partial charge in [-0.25, -0.2) is 0 Å². The molecule has 0 aromatic rings. The molecule has 73 heavy (non-hydrogen) atoms. The van der Waals surface area contributed by atoms with Gasteiger partial charge in [-0.3, -0.25) is 0 Å². The third-order valence-electron chi connectivity index (χ3n) is 17.2. The van der Waals surface area contributed by atoms with Gasteiger partial charge < -0.3 is 14.9 Å². The van der Waals surface area contributed by atoms with Gasteiger partial charge in [0.05, 0.1) is 5.41 Å². The second-order valence-electron chi connectivity index (χ2n) is 24.0. The predicted octanol–water partition coefficient (Wildman–Crippen LogP) is 25.6. The van der Waals surface area contributed by atoms with Gasteiger partial charge in [-0.15, -0.1) is 0 Å². The fourth-order valence-electron chi connectivity index (χ4n) is 12.1. The molecule has 3 nitrogen and oxygen atoms in total. The second-order valence-corrected chi connectivity index (χ2v) is 24.8. The molecule has 0 aliphatic heterocycles. The number of aliphatic hydroxyl groups excluding tert-OH is 2. The Morgan fingerprint density at radius 2 is 0.425 bits per heavy atom. The molecule has 1 unspecified atom stereocenters. The third kappa shape index (κ3) is 43.3. The number of ether oxygens (including phenoxy) is 1. The fourth-order valence-corrected chi connectivity index (χ4v) is 12.8. The lowest BCUT2D eigenvalue weighted by Crippen LogP contribution is -2.59. The molecule has 1 atom stereocenters. The minimum atomic E-state index is -1.12. The molecule has 0 aromatic heterocycles. The van der Waals surface area contributed by atoms with E-state index in [2.05, 4.69) is 27.7 Å². The maximum atomic E-state index is 12.0. The Balaban J connectivity index is 5.69. The summed E-state index contributed by atoms with van der Waals surface area (Å²) >= 11 is 12.0. The summed E-state index contributed by atoms with van der Waals surface area (Å²) in [7, 11) is 0. The van der Waals surface area contributed by atoms with Crippen LogP contribution in [0.5, 0.6) is 0 Å². The van der Waals surface area contributed by atoms with E-state index in [9.17, 15) is 10.2 Å². The van der Waals surface area contributed by atoms with Gasteiger partial charge in [-0.05, 0) is 50.1 Å². The van der Waals surface area contributed by atoms with E-state index in [1.54, 1.807) is 0 Å². The number of unbranched alkanes of at least 4 members (excludes halogenated alkanes) is 52. The van der Waals surface area contributed by atoms with Crippen molar-refractivity contribution in [3.63, 3.8) is 0 Å². The Bertz CT molecular complexity index is 1080. The zero-order valence-corrected chi connectivity index (χ0v) is 52.2. The highest BCUT2D eigenvalue weighted by molar-refractivity contribution is 7.80. The molecule has 0 spiro atoms. The molecule has 0 bridgehead atoms. The van der Waals surface area contributed by atoms with Gasteiger partial charge in [0.1, 0.15) is 5.60 Å². The zero-order valence-electron chi connectivity index (χ0n) is 50.5. The average molecular weight is 1060 g/mol. The summed E-state index contributed by atoms with van der Waals surface area (Å²) in [4.78, 5) is 0. The Morgan fingerprint density at radius 3 is 0.616 bits per heavy atom. The molecule has 0 aliphatic carbocycles. The molecule has 5 heteroatoms. The Hall–Kier alpha value is -0.260. The lowest BCUT2D eigenvalue weighted by atomic mass is 9.64. The lowest BCUT2D eigenvalue weighted by molar-refractivity contribution is -0.0857. The van der Waals surface area contributed by atoms with Crippen LogP contribution in [0.4, 0.5) is 0 Å². The van der Waals surface area contributed by atoms with E-state index in [-0.39, 0.29) is 10.1 Å². The van der Waals surface area contributed by atoms with Gasteiger partial charge in [0, 0.05) is 6.61 Å². The van der Waals surface area contributed by atoms with Crippen LogP contribution in [-0.4, -0.2) is 32.5 Å².